The molecule has 1 saturated heterocycles. The Morgan fingerprint density at radius 1 is 1.45 bits per heavy atom. The van der Waals surface area contributed by atoms with Crippen LogP contribution in [0.3, 0.4) is 0 Å². The van der Waals surface area contributed by atoms with E-state index in [9.17, 15) is 10.1 Å². The fraction of sp³-hybridized carbons (Fsp3) is 0.615. The fourth-order valence-corrected chi connectivity index (χ4v) is 2.54. The van der Waals surface area contributed by atoms with Crippen LogP contribution in [0.15, 0.2) is 12.1 Å². The van der Waals surface area contributed by atoms with E-state index >= 15 is 0 Å². The van der Waals surface area contributed by atoms with Crippen molar-refractivity contribution < 1.29 is 4.92 Å². The highest BCUT2D eigenvalue weighted by molar-refractivity contribution is 5.61. The first-order valence-corrected chi connectivity index (χ1v) is 6.77. The minimum absolute atomic E-state index is 0.0606. The number of rotatable bonds is 4. The Hall–Kier alpha value is -1.89. The van der Waals surface area contributed by atoms with Gasteiger partial charge in [0.1, 0.15) is 5.82 Å². The molecule has 1 aliphatic heterocycles. The van der Waals surface area contributed by atoms with E-state index in [0.29, 0.717) is 17.7 Å². The van der Waals surface area contributed by atoms with Crippen molar-refractivity contribution in [3.63, 3.8) is 0 Å². The number of nitrogens with zero attached hydrogens (tertiary/aromatic N) is 4. The molecule has 7 nitrogen and oxygen atoms in total. The van der Waals surface area contributed by atoms with Crippen LogP contribution in [0.1, 0.15) is 12.8 Å². The van der Waals surface area contributed by atoms with Crippen molar-refractivity contribution in [2.45, 2.75) is 18.9 Å². The summed E-state index contributed by atoms with van der Waals surface area (Å²) in [5.41, 5.74) is 0.0606. The van der Waals surface area contributed by atoms with E-state index in [-0.39, 0.29) is 10.6 Å². The summed E-state index contributed by atoms with van der Waals surface area (Å²) >= 11 is 0. The van der Waals surface area contributed by atoms with Crippen LogP contribution < -0.4 is 10.2 Å². The first-order chi connectivity index (χ1) is 9.52. The Labute approximate surface area is 118 Å². The highest BCUT2D eigenvalue weighted by atomic mass is 16.6. The number of hydrogen-bond donors (Lipinski definition) is 1. The van der Waals surface area contributed by atoms with Gasteiger partial charge < -0.3 is 15.1 Å². The summed E-state index contributed by atoms with van der Waals surface area (Å²) in [6, 6.07) is 3.44. The quantitative estimate of drug-likeness (QED) is 0.666. The number of aromatic nitrogens is 1. The van der Waals surface area contributed by atoms with Gasteiger partial charge >= 0.3 is 5.69 Å². The predicted octanol–water partition coefficient (Wildman–Crippen LogP) is 1.56. The highest BCUT2D eigenvalue weighted by Gasteiger charge is 2.27. The number of hydrogen-bond acceptors (Lipinski definition) is 6. The van der Waals surface area contributed by atoms with Gasteiger partial charge in [0.05, 0.1) is 4.92 Å². The molecule has 20 heavy (non-hydrogen) atoms. The summed E-state index contributed by atoms with van der Waals surface area (Å²) in [5, 5.41) is 14.1. The molecule has 0 saturated carbocycles. The molecule has 0 aromatic carbocycles. The zero-order chi connectivity index (χ0) is 14.7. The lowest BCUT2D eigenvalue weighted by atomic mass is 10.0. The molecule has 7 heteroatoms. The van der Waals surface area contributed by atoms with E-state index < -0.39 is 0 Å². The molecule has 1 aromatic rings. The first-order valence-electron chi connectivity index (χ1n) is 6.77. The maximum Gasteiger partial charge on any atom is 0.311 e. The molecule has 0 amide bonds. The van der Waals surface area contributed by atoms with Crippen LogP contribution in [0.4, 0.5) is 17.3 Å². The third-order valence-electron chi connectivity index (χ3n) is 3.88. The van der Waals surface area contributed by atoms with Crippen molar-refractivity contribution in [2.75, 3.05) is 44.4 Å². The Morgan fingerprint density at radius 3 is 2.65 bits per heavy atom. The molecule has 0 aliphatic carbocycles. The van der Waals surface area contributed by atoms with Crippen molar-refractivity contribution in [1.82, 2.24) is 9.88 Å². The molecular formula is C13H21N5O2. The zero-order valence-electron chi connectivity index (χ0n) is 12.2. The van der Waals surface area contributed by atoms with Crippen LogP contribution in [0.2, 0.25) is 0 Å². The molecule has 1 aromatic heterocycles. The lowest BCUT2D eigenvalue weighted by molar-refractivity contribution is -0.384. The number of nitro groups is 1. The smallest absolute Gasteiger partial charge is 0.311 e. The van der Waals surface area contributed by atoms with Gasteiger partial charge in [-0.15, -0.1) is 0 Å². The van der Waals surface area contributed by atoms with E-state index in [1.54, 1.807) is 13.1 Å². The van der Waals surface area contributed by atoms with E-state index in [1.807, 2.05) is 11.9 Å². The molecule has 2 rings (SSSR count). The number of pyridine rings is 1. The Balaban J connectivity index is 2.27. The van der Waals surface area contributed by atoms with Crippen LogP contribution in [0.5, 0.6) is 0 Å². The molecule has 110 valence electrons. The van der Waals surface area contributed by atoms with Crippen LogP contribution >= 0.6 is 0 Å². The van der Waals surface area contributed by atoms with E-state index in [1.165, 1.54) is 6.07 Å². The summed E-state index contributed by atoms with van der Waals surface area (Å²) in [4.78, 5) is 19.4. The second kappa shape index (κ2) is 6.04. The third kappa shape index (κ3) is 2.98. The summed E-state index contributed by atoms with van der Waals surface area (Å²) in [6.07, 6.45) is 1.99. The van der Waals surface area contributed by atoms with Gasteiger partial charge in [0.25, 0.3) is 0 Å². The van der Waals surface area contributed by atoms with Crippen LogP contribution in [0, 0.1) is 10.1 Å². The van der Waals surface area contributed by atoms with Crippen molar-refractivity contribution in [1.29, 1.82) is 0 Å². The minimum atomic E-state index is -0.368. The Kier molecular flexibility index (Phi) is 4.39. The van der Waals surface area contributed by atoms with Crippen LogP contribution in [0.25, 0.3) is 0 Å². The molecule has 0 atom stereocenters. The summed E-state index contributed by atoms with van der Waals surface area (Å²) < 4.78 is 0. The summed E-state index contributed by atoms with van der Waals surface area (Å²) in [6.45, 7) is 2.02. The summed E-state index contributed by atoms with van der Waals surface area (Å²) in [5.74, 6) is 1.08. The lowest BCUT2D eigenvalue weighted by Gasteiger charge is -2.35. The Morgan fingerprint density at radius 2 is 2.10 bits per heavy atom. The van der Waals surface area contributed by atoms with E-state index in [2.05, 4.69) is 22.2 Å². The summed E-state index contributed by atoms with van der Waals surface area (Å²) in [7, 11) is 5.75. The second-order valence-electron chi connectivity index (χ2n) is 5.19. The van der Waals surface area contributed by atoms with Crippen molar-refractivity contribution in [2.24, 2.45) is 0 Å². The standard InChI is InChI=1S/C13H21N5O2/c1-14-12-5-4-11(18(19)20)13(15-12)17(3)10-6-8-16(2)9-7-10/h4-5,10H,6-9H2,1-3H3,(H,14,15). The van der Waals surface area contributed by atoms with Gasteiger partial charge in [0.2, 0.25) is 5.82 Å². The predicted molar refractivity (Wildman–Crippen MR) is 79.4 cm³/mol. The maximum absolute atomic E-state index is 11.2. The van der Waals surface area contributed by atoms with Gasteiger partial charge in [-0.05, 0) is 39.0 Å². The third-order valence-corrected chi connectivity index (χ3v) is 3.88. The molecule has 0 radical (unpaired) electrons. The average Bonchev–Trinajstić information content (AvgIpc) is 2.46. The average molecular weight is 279 g/mol. The van der Waals surface area contributed by atoms with Crippen molar-refractivity contribution >= 4 is 17.3 Å². The minimum Gasteiger partial charge on any atom is -0.373 e. The van der Waals surface area contributed by atoms with Crippen LogP contribution in [-0.2, 0) is 0 Å². The molecule has 1 N–H and O–H groups in total. The number of nitrogens with one attached hydrogen (secondary N) is 1. The topological polar surface area (TPSA) is 74.5 Å². The van der Waals surface area contributed by atoms with Crippen molar-refractivity contribution in [3.05, 3.63) is 22.2 Å². The van der Waals surface area contributed by atoms with Gasteiger partial charge in [0, 0.05) is 26.2 Å². The second-order valence-corrected chi connectivity index (χ2v) is 5.19. The molecular weight excluding hydrogens is 258 g/mol. The maximum atomic E-state index is 11.2. The highest BCUT2D eigenvalue weighted by Crippen LogP contribution is 2.30. The molecule has 1 fully saturated rings. The number of likely N-dealkylation sites (tertiary alicyclic amines) is 1. The largest absolute Gasteiger partial charge is 0.373 e. The van der Waals surface area contributed by atoms with E-state index in [4.69, 9.17) is 0 Å². The zero-order valence-corrected chi connectivity index (χ0v) is 12.2. The van der Waals surface area contributed by atoms with Gasteiger partial charge in [-0.25, -0.2) is 4.98 Å². The molecule has 0 spiro atoms. The molecule has 0 bridgehead atoms. The first kappa shape index (κ1) is 14.5. The lowest BCUT2D eigenvalue weighted by Crippen LogP contribution is -2.42. The molecule has 1 aliphatic rings. The van der Waals surface area contributed by atoms with Gasteiger partial charge in [0.15, 0.2) is 0 Å². The van der Waals surface area contributed by atoms with E-state index in [0.717, 1.165) is 25.9 Å². The number of anilines is 2. The SMILES string of the molecule is CNc1ccc([N+](=O)[O-])c(N(C)C2CCN(C)CC2)n1. The van der Waals surface area contributed by atoms with Gasteiger partial charge in [-0.2, -0.15) is 0 Å². The van der Waals surface area contributed by atoms with Gasteiger partial charge in [-0.3, -0.25) is 10.1 Å². The fourth-order valence-electron chi connectivity index (χ4n) is 2.54. The van der Waals surface area contributed by atoms with Crippen LogP contribution in [-0.4, -0.2) is 55.1 Å². The monoisotopic (exact) mass is 279 g/mol. The van der Waals surface area contributed by atoms with Crippen molar-refractivity contribution in [3.8, 4) is 0 Å². The van der Waals surface area contributed by atoms with Gasteiger partial charge in [-0.1, -0.05) is 0 Å². The Bertz CT molecular complexity index is 486. The number of piperidine rings is 1. The molecule has 0 unspecified atom stereocenters. The normalized spacial score (nSPS) is 16.9. The molecule has 2 heterocycles.